The highest BCUT2D eigenvalue weighted by Gasteiger charge is 2.26. The monoisotopic (exact) mass is 355 g/mol. The molecule has 1 fully saturated rings. The van der Waals surface area contributed by atoms with E-state index in [0.717, 1.165) is 29.4 Å². The van der Waals surface area contributed by atoms with Gasteiger partial charge in [-0.05, 0) is 17.9 Å². The lowest BCUT2D eigenvalue weighted by molar-refractivity contribution is -0.132. The molecule has 5 heteroatoms. The van der Waals surface area contributed by atoms with Crippen LogP contribution in [0.4, 0.5) is 0 Å². The van der Waals surface area contributed by atoms with E-state index in [1.807, 2.05) is 51.9 Å². The standard InChI is InChI=1S/C21H29N3O2/c1-21(2,3)14-19(25)23-10-7-11-24(13-12-23)20(26)17-15-22(4)18-9-6-5-8-16(17)18/h5-6,8-9,15H,7,10-14H2,1-4H3. The highest BCUT2D eigenvalue weighted by Crippen LogP contribution is 2.23. The molecule has 1 aliphatic rings. The fourth-order valence-electron chi connectivity index (χ4n) is 3.62. The Kier molecular flexibility index (Phi) is 5.08. The van der Waals surface area contributed by atoms with Crippen molar-refractivity contribution in [3.05, 3.63) is 36.0 Å². The number of rotatable bonds is 2. The van der Waals surface area contributed by atoms with Gasteiger partial charge in [-0.15, -0.1) is 0 Å². The number of amides is 2. The van der Waals surface area contributed by atoms with Crippen molar-refractivity contribution in [3.8, 4) is 0 Å². The third-order valence-electron chi connectivity index (χ3n) is 4.94. The van der Waals surface area contributed by atoms with Crippen LogP contribution in [0, 0.1) is 5.41 Å². The van der Waals surface area contributed by atoms with Gasteiger partial charge in [-0.2, -0.15) is 0 Å². The van der Waals surface area contributed by atoms with Gasteiger partial charge in [0.05, 0.1) is 5.56 Å². The Morgan fingerprint density at radius 2 is 1.65 bits per heavy atom. The number of nitrogens with zero attached hydrogens (tertiary/aromatic N) is 3. The summed E-state index contributed by atoms with van der Waals surface area (Å²) in [6, 6.07) is 7.98. The number of carbonyl (C=O) groups is 2. The molecule has 3 rings (SSSR count). The van der Waals surface area contributed by atoms with Crippen LogP contribution in [0.3, 0.4) is 0 Å². The van der Waals surface area contributed by atoms with Gasteiger partial charge >= 0.3 is 0 Å². The normalized spacial score (nSPS) is 16.0. The van der Waals surface area contributed by atoms with Gasteiger partial charge in [0.2, 0.25) is 5.91 Å². The molecule has 0 saturated carbocycles. The summed E-state index contributed by atoms with van der Waals surface area (Å²) >= 11 is 0. The lowest BCUT2D eigenvalue weighted by Gasteiger charge is -2.25. The minimum Gasteiger partial charge on any atom is -0.350 e. The maximum atomic E-state index is 13.1. The van der Waals surface area contributed by atoms with E-state index in [9.17, 15) is 9.59 Å². The first-order valence-corrected chi connectivity index (χ1v) is 9.37. The quantitative estimate of drug-likeness (QED) is 0.830. The molecule has 26 heavy (non-hydrogen) atoms. The van der Waals surface area contributed by atoms with Crippen molar-refractivity contribution >= 4 is 22.7 Å². The van der Waals surface area contributed by atoms with E-state index in [0.29, 0.717) is 26.1 Å². The summed E-state index contributed by atoms with van der Waals surface area (Å²) in [5.74, 6) is 0.254. The molecular formula is C21H29N3O2. The van der Waals surface area contributed by atoms with Gasteiger partial charge in [-0.1, -0.05) is 39.0 Å². The molecule has 1 aliphatic heterocycles. The van der Waals surface area contributed by atoms with Crippen molar-refractivity contribution in [2.24, 2.45) is 12.5 Å². The molecule has 0 radical (unpaired) electrons. The first-order chi connectivity index (χ1) is 12.3. The van der Waals surface area contributed by atoms with Crippen molar-refractivity contribution < 1.29 is 9.59 Å². The summed E-state index contributed by atoms with van der Waals surface area (Å²) in [6.45, 7) is 8.89. The smallest absolute Gasteiger partial charge is 0.256 e. The molecule has 1 aromatic heterocycles. The van der Waals surface area contributed by atoms with Gasteiger partial charge in [0, 0.05) is 56.7 Å². The number of hydrogen-bond donors (Lipinski definition) is 0. The van der Waals surface area contributed by atoms with E-state index in [4.69, 9.17) is 0 Å². The zero-order valence-corrected chi connectivity index (χ0v) is 16.3. The fraction of sp³-hybridized carbons (Fsp3) is 0.524. The summed E-state index contributed by atoms with van der Waals surface area (Å²) in [5, 5.41) is 0.991. The molecule has 1 aromatic carbocycles. The first-order valence-electron chi connectivity index (χ1n) is 9.37. The van der Waals surface area contributed by atoms with E-state index in [-0.39, 0.29) is 17.2 Å². The lowest BCUT2D eigenvalue weighted by atomic mass is 9.91. The molecule has 1 saturated heterocycles. The molecule has 2 amide bonds. The van der Waals surface area contributed by atoms with Crippen LogP contribution in [0.15, 0.2) is 30.5 Å². The van der Waals surface area contributed by atoms with Crippen LogP contribution >= 0.6 is 0 Å². The second-order valence-electron chi connectivity index (χ2n) is 8.43. The maximum absolute atomic E-state index is 13.1. The molecule has 2 aromatic rings. The molecule has 0 aliphatic carbocycles. The van der Waals surface area contributed by atoms with E-state index in [2.05, 4.69) is 20.8 Å². The maximum Gasteiger partial charge on any atom is 0.256 e. The highest BCUT2D eigenvalue weighted by atomic mass is 16.2. The predicted octanol–water partition coefficient (Wildman–Crippen LogP) is 3.29. The second-order valence-corrected chi connectivity index (χ2v) is 8.43. The molecular weight excluding hydrogens is 326 g/mol. The van der Waals surface area contributed by atoms with Crippen molar-refractivity contribution in [1.29, 1.82) is 0 Å². The van der Waals surface area contributed by atoms with Gasteiger partial charge in [0.1, 0.15) is 0 Å². The van der Waals surface area contributed by atoms with Crippen molar-refractivity contribution in [2.45, 2.75) is 33.6 Å². The topological polar surface area (TPSA) is 45.6 Å². The van der Waals surface area contributed by atoms with Crippen LogP contribution < -0.4 is 0 Å². The number of hydrogen-bond acceptors (Lipinski definition) is 2. The van der Waals surface area contributed by atoms with Gasteiger partial charge in [-0.25, -0.2) is 0 Å². The number of aryl methyl sites for hydroxylation is 1. The van der Waals surface area contributed by atoms with Crippen molar-refractivity contribution in [2.75, 3.05) is 26.2 Å². The Bertz CT molecular complexity index is 816. The lowest BCUT2D eigenvalue weighted by Crippen LogP contribution is -2.38. The number of benzene rings is 1. The number of para-hydroxylation sites is 1. The third-order valence-corrected chi connectivity index (χ3v) is 4.94. The van der Waals surface area contributed by atoms with Crippen molar-refractivity contribution in [3.63, 3.8) is 0 Å². The van der Waals surface area contributed by atoms with E-state index in [1.54, 1.807) is 0 Å². The largest absolute Gasteiger partial charge is 0.350 e. The van der Waals surface area contributed by atoms with Crippen LogP contribution in [-0.4, -0.2) is 52.4 Å². The minimum absolute atomic E-state index is 0.0121. The molecule has 0 N–H and O–H groups in total. The molecule has 2 heterocycles. The van der Waals surface area contributed by atoms with Crippen LogP contribution in [0.1, 0.15) is 44.0 Å². The summed E-state index contributed by atoms with van der Waals surface area (Å²) in [4.78, 5) is 29.4. The Balaban J connectivity index is 1.72. The zero-order chi connectivity index (χ0) is 18.9. The average Bonchev–Trinajstić information content (AvgIpc) is 2.76. The van der Waals surface area contributed by atoms with Gasteiger partial charge in [0.15, 0.2) is 0 Å². The van der Waals surface area contributed by atoms with Crippen LogP contribution in [0.5, 0.6) is 0 Å². The van der Waals surface area contributed by atoms with Gasteiger partial charge in [-0.3, -0.25) is 9.59 Å². The zero-order valence-electron chi connectivity index (χ0n) is 16.3. The Morgan fingerprint density at radius 1 is 1.00 bits per heavy atom. The SMILES string of the molecule is Cn1cc(C(=O)N2CCCN(C(=O)CC(C)(C)C)CC2)c2ccccc21. The van der Waals surface area contributed by atoms with Crippen LogP contribution in [-0.2, 0) is 11.8 Å². The minimum atomic E-state index is -0.0121. The summed E-state index contributed by atoms with van der Waals surface area (Å²) < 4.78 is 2.00. The first kappa shape index (κ1) is 18.5. The fourth-order valence-corrected chi connectivity index (χ4v) is 3.62. The number of carbonyl (C=O) groups excluding carboxylic acids is 2. The van der Waals surface area contributed by atoms with E-state index >= 15 is 0 Å². The molecule has 5 nitrogen and oxygen atoms in total. The molecule has 0 atom stereocenters. The summed E-state index contributed by atoms with van der Waals surface area (Å²) in [5.41, 5.74) is 1.80. The van der Waals surface area contributed by atoms with E-state index < -0.39 is 0 Å². The summed E-state index contributed by atoms with van der Waals surface area (Å²) in [7, 11) is 1.97. The summed E-state index contributed by atoms with van der Waals surface area (Å²) in [6.07, 6.45) is 3.29. The van der Waals surface area contributed by atoms with Crippen LogP contribution in [0.2, 0.25) is 0 Å². The molecule has 0 unspecified atom stereocenters. The number of aromatic nitrogens is 1. The molecule has 0 bridgehead atoms. The Labute approximate surface area is 155 Å². The molecule has 140 valence electrons. The number of fused-ring (bicyclic) bond motifs is 1. The second kappa shape index (κ2) is 7.14. The van der Waals surface area contributed by atoms with Crippen LogP contribution in [0.25, 0.3) is 10.9 Å². The van der Waals surface area contributed by atoms with E-state index in [1.165, 1.54) is 0 Å². The van der Waals surface area contributed by atoms with Crippen molar-refractivity contribution in [1.82, 2.24) is 14.4 Å². The highest BCUT2D eigenvalue weighted by molar-refractivity contribution is 6.07. The Hall–Kier alpha value is -2.30. The third kappa shape index (κ3) is 3.92. The van der Waals surface area contributed by atoms with Gasteiger partial charge in [0.25, 0.3) is 5.91 Å². The predicted molar refractivity (Wildman–Crippen MR) is 104 cm³/mol. The molecule has 0 spiro atoms. The average molecular weight is 355 g/mol. The van der Waals surface area contributed by atoms with Gasteiger partial charge < -0.3 is 14.4 Å². The Morgan fingerprint density at radius 3 is 2.38 bits per heavy atom.